The Morgan fingerprint density at radius 2 is 1.77 bits per heavy atom. The van der Waals surface area contributed by atoms with Crippen molar-refractivity contribution in [1.29, 1.82) is 0 Å². The number of ether oxygens (including phenoxy) is 2. The monoisotopic (exact) mass is 366 g/mol. The zero-order valence-corrected chi connectivity index (χ0v) is 16.2. The van der Waals surface area contributed by atoms with Gasteiger partial charge in [0.15, 0.2) is 0 Å². The summed E-state index contributed by atoms with van der Waals surface area (Å²) in [5.74, 6) is 0. The Morgan fingerprint density at radius 3 is 2.31 bits per heavy atom. The largest absolute Gasteiger partial charge is 0.445 e. The molecule has 0 aromatic heterocycles. The highest BCUT2D eigenvalue weighted by atomic mass is 16.6. The maximum atomic E-state index is 12.4. The van der Waals surface area contributed by atoms with Gasteiger partial charge in [-0.3, -0.25) is 0 Å². The lowest BCUT2D eigenvalue weighted by atomic mass is 10.2. The van der Waals surface area contributed by atoms with Crippen molar-refractivity contribution in [1.82, 2.24) is 10.2 Å². The minimum Gasteiger partial charge on any atom is -0.445 e. The van der Waals surface area contributed by atoms with Gasteiger partial charge in [0.2, 0.25) is 0 Å². The number of aliphatic hydroxyl groups excluding tert-OH is 1. The second kappa shape index (κ2) is 10.0. The Balaban J connectivity index is 2.58. The molecule has 0 saturated heterocycles. The summed E-state index contributed by atoms with van der Waals surface area (Å²) in [6.07, 6.45) is -1.82. The van der Waals surface area contributed by atoms with Gasteiger partial charge in [0.1, 0.15) is 12.2 Å². The van der Waals surface area contributed by atoms with Crippen LogP contribution in [0.25, 0.3) is 0 Å². The number of amides is 2. The molecule has 1 rings (SSSR count). The Bertz CT molecular complexity index is 569. The van der Waals surface area contributed by atoms with E-state index >= 15 is 0 Å². The summed E-state index contributed by atoms with van der Waals surface area (Å²) in [5.41, 5.74) is 0.273. The van der Waals surface area contributed by atoms with E-state index in [-0.39, 0.29) is 25.7 Å². The number of hydrogen-bond acceptors (Lipinski definition) is 5. The summed E-state index contributed by atoms with van der Waals surface area (Å²) in [6.45, 7) is 9.11. The van der Waals surface area contributed by atoms with Crippen molar-refractivity contribution < 1.29 is 24.2 Å². The molecule has 2 amide bonds. The van der Waals surface area contributed by atoms with Gasteiger partial charge in [-0.05, 0) is 40.2 Å². The predicted molar refractivity (Wildman–Crippen MR) is 98.7 cm³/mol. The van der Waals surface area contributed by atoms with Crippen LogP contribution in [-0.2, 0) is 16.1 Å². The van der Waals surface area contributed by atoms with E-state index in [0.717, 1.165) is 5.56 Å². The molecule has 26 heavy (non-hydrogen) atoms. The van der Waals surface area contributed by atoms with E-state index in [4.69, 9.17) is 9.47 Å². The van der Waals surface area contributed by atoms with Gasteiger partial charge in [-0.15, -0.1) is 0 Å². The van der Waals surface area contributed by atoms with Crippen LogP contribution in [-0.4, -0.2) is 53.0 Å². The van der Waals surface area contributed by atoms with Gasteiger partial charge in [0.05, 0.1) is 6.10 Å². The second-order valence-corrected chi connectivity index (χ2v) is 7.34. The molecule has 1 aromatic carbocycles. The molecule has 2 N–H and O–H groups in total. The molecule has 0 saturated carbocycles. The van der Waals surface area contributed by atoms with Crippen molar-refractivity contribution >= 4 is 12.2 Å². The van der Waals surface area contributed by atoms with Crippen molar-refractivity contribution in [2.75, 3.05) is 13.1 Å². The number of carbonyl (C=O) groups excluding carboxylic acids is 2. The minimum atomic E-state index is -0.715. The molecule has 0 radical (unpaired) electrons. The quantitative estimate of drug-likeness (QED) is 0.775. The number of nitrogens with zero attached hydrogens (tertiary/aromatic N) is 1. The topological polar surface area (TPSA) is 88.1 Å². The number of benzene rings is 1. The van der Waals surface area contributed by atoms with E-state index in [0.29, 0.717) is 0 Å². The van der Waals surface area contributed by atoms with Gasteiger partial charge in [0.25, 0.3) is 0 Å². The van der Waals surface area contributed by atoms with Crippen LogP contribution in [0.15, 0.2) is 30.3 Å². The molecule has 0 bridgehead atoms. The number of alkyl carbamates (subject to hydrolysis) is 1. The number of carbonyl (C=O) groups is 2. The SMILES string of the molecule is C[C@@H](O)CN(C[C@H](C)NC(=O)OC(C)(C)C)C(=O)OCc1ccccc1. The lowest BCUT2D eigenvalue weighted by molar-refractivity contribution is 0.0466. The molecule has 0 unspecified atom stereocenters. The Morgan fingerprint density at radius 1 is 1.15 bits per heavy atom. The number of hydrogen-bond donors (Lipinski definition) is 2. The fourth-order valence-electron chi connectivity index (χ4n) is 2.24. The lowest BCUT2D eigenvalue weighted by Crippen LogP contribution is -2.47. The molecule has 0 aliphatic carbocycles. The van der Waals surface area contributed by atoms with Gasteiger partial charge in [-0.25, -0.2) is 9.59 Å². The van der Waals surface area contributed by atoms with Crippen molar-refractivity contribution in [2.45, 2.75) is 59.0 Å². The van der Waals surface area contributed by atoms with Crippen LogP contribution in [0.1, 0.15) is 40.2 Å². The summed E-state index contributed by atoms with van der Waals surface area (Å²) in [6, 6.07) is 8.97. The molecule has 0 spiro atoms. The molecule has 0 heterocycles. The van der Waals surface area contributed by atoms with E-state index in [1.54, 1.807) is 34.6 Å². The first-order valence-electron chi connectivity index (χ1n) is 8.70. The van der Waals surface area contributed by atoms with Crippen LogP contribution in [0.3, 0.4) is 0 Å². The highest BCUT2D eigenvalue weighted by Gasteiger charge is 2.22. The zero-order valence-electron chi connectivity index (χ0n) is 16.2. The van der Waals surface area contributed by atoms with Crippen LogP contribution in [0, 0.1) is 0 Å². The van der Waals surface area contributed by atoms with Gasteiger partial charge in [0, 0.05) is 19.1 Å². The summed E-state index contributed by atoms with van der Waals surface area (Å²) >= 11 is 0. The van der Waals surface area contributed by atoms with Crippen LogP contribution in [0.5, 0.6) is 0 Å². The molecule has 7 nitrogen and oxygen atoms in total. The Labute approximate surface area is 155 Å². The summed E-state index contributed by atoms with van der Waals surface area (Å²) < 4.78 is 10.5. The molecule has 2 atom stereocenters. The first kappa shape index (κ1) is 21.8. The highest BCUT2D eigenvalue weighted by Crippen LogP contribution is 2.08. The first-order valence-corrected chi connectivity index (χ1v) is 8.70. The van der Waals surface area contributed by atoms with Gasteiger partial charge in [-0.1, -0.05) is 30.3 Å². The van der Waals surface area contributed by atoms with E-state index in [1.807, 2.05) is 30.3 Å². The summed E-state index contributed by atoms with van der Waals surface area (Å²) in [5, 5.41) is 12.3. The number of nitrogens with one attached hydrogen (secondary N) is 1. The fraction of sp³-hybridized carbons (Fsp3) is 0.579. The van der Waals surface area contributed by atoms with Crippen molar-refractivity contribution in [2.24, 2.45) is 0 Å². The van der Waals surface area contributed by atoms with Crippen LogP contribution in [0.2, 0.25) is 0 Å². The summed E-state index contributed by atoms with van der Waals surface area (Å²) in [7, 11) is 0. The van der Waals surface area contributed by atoms with Crippen LogP contribution < -0.4 is 5.32 Å². The molecule has 0 aliphatic heterocycles. The van der Waals surface area contributed by atoms with Crippen LogP contribution in [0.4, 0.5) is 9.59 Å². The molecular formula is C19H30N2O5. The fourth-order valence-corrected chi connectivity index (χ4v) is 2.24. The van der Waals surface area contributed by atoms with E-state index < -0.39 is 23.9 Å². The highest BCUT2D eigenvalue weighted by molar-refractivity contribution is 5.69. The summed E-state index contributed by atoms with van der Waals surface area (Å²) in [4.78, 5) is 25.6. The average molecular weight is 366 g/mol. The normalized spacial score (nSPS) is 13.5. The molecule has 7 heteroatoms. The second-order valence-electron chi connectivity index (χ2n) is 7.34. The first-order chi connectivity index (χ1) is 12.1. The van der Waals surface area contributed by atoms with Crippen LogP contribution >= 0.6 is 0 Å². The number of rotatable bonds is 7. The molecule has 1 aromatic rings. The van der Waals surface area contributed by atoms with E-state index in [1.165, 1.54) is 4.90 Å². The average Bonchev–Trinajstić information content (AvgIpc) is 2.50. The molecular weight excluding hydrogens is 336 g/mol. The third-order valence-corrected chi connectivity index (χ3v) is 3.21. The standard InChI is InChI=1S/C19H30N2O5/c1-14(20-17(23)26-19(3,4)5)11-21(12-15(2)22)18(24)25-13-16-9-7-6-8-10-16/h6-10,14-15,22H,11-13H2,1-5H3,(H,20,23)/t14-,15+/m0/s1. The lowest BCUT2D eigenvalue weighted by Gasteiger charge is -2.27. The van der Waals surface area contributed by atoms with E-state index in [2.05, 4.69) is 5.32 Å². The van der Waals surface area contributed by atoms with Crippen molar-refractivity contribution in [3.8, 4) is 0 Å². The third-order valence-electron chi connectivity index (χ3n) is 3.21. The molecule has 0 aliphatic rings. The third kappa shape index (κ3) is 9.27. The molecule has 0 fully saturated rings. The zero-order chi connectivity index (χ0) is 19.7. The Hall–Kier alpha value is -2.28. The number of aliphatic hydroxyl groups is 1. The van der Waals surface area contributed by atoms with E-state index in [9.17, 15) is 14.7 Å². The maximum Gasteiger partial charge on any atom is 0.410 e. The predicted octanol–water partition coefficient (Wildman–Crippen LogP) is 2.92. The van der Waals surface area contributed by atoms with Gasteiger partial charge in [-0.2, -0.15) is 0 Å². The van der Waals surface area contributed by atoms with Gasteiger partial charge < -0.3 is 24.8 Å². The maximum absolute atomic E-state index is 12.4. The Kier molecular flexibility index (Phi) is 8.38. The minimum absolute atomic E-state index is 0.105. The smallest absolute Gasteiger partial charge is 0.410 e. The van der Waals surface area contributed by atoms with Crippen molar-refractivity contribution in [3.63, 3.8) is 0 Å². The van der Waals surface area contributed by atoms with Crippen molar-refractivity contribution in [3.05, 3.63) is 35.9 Å². The molecule has 146 valence electrons. The van der Waals surface area contributed by atoms with Gasteiger partial charge >= 0.3 is 12.2 Å².